The summed E-state index contributed by atoms with van der Waals surface area (Å²) in [4.78, 5) is 14.5. The van der Waals surface area contributed by atoms with Crippen molar-refractivity contribution < 1.29 is 0 Å². The highest BCUT2D eigenvalue weighted by Crippen LogP contribution is 2.34. The third-order valence-corrected chi connectivity index (χ3v) is 7.55. The highest BCUT2D eigenvalue weighted by Gasteiger charge is 2.22. The fraction of sp³-hybridized carbons (Fsp3) is 0.300. The first-order chi connectivity index (χ1) is 13.1. The molecule has 0 radical (unpaired) electrons. The minimum absolute atomic E-state index is 0.767. The maximum Gasteiger partial charge on any atom is 0.186 e. The number of aryl methyl sites for hydroxylation is 2. The summed E-state index contributed by atoms with van der Waals surface area (Å²) in [5.74, 6) is 0. The van der Waals surface area contributed by atoms with Gasteiger partial charge in [0.25, 0.3) is 0 Å². The molecule has 0 atom stereocenters. The number of fused-ring (bicyclic) bond motifs is 2. The average Bonchev–Trinajstić information content (AvgIpc) is 3.25. The van der Waals surface area contributed by atoms with Crippen LogP contribution in [0.1, 0.15) is 11.1 Å². The maximum atomic E-state index is 6.11. The van der Waals surface area contributed by atoms with E-state index < -0.39 is 0 Å². The predicted octanol–water partition coefficient (Wildman–Crippen LogP) is 5.50. The second-order valence-corrected chi connectivity index (χ2v) is 9.43. The molecule has 0 unspecified atom stereocenters. The molecule has 0 bridgehead atoms. The average molecular weight is 415 g/mol. The molecule has 4 nitrogen and oxygen atoms in total. The molecule has 0 amide bonds. The number of anilines is 2. The van der Waals surface area contributed by atoms with Crippen molar-refractivity contribution in [2.45, 2.75) is 13.8 Å². The molecule has 3 heterocycles. The largest absolute Gasteiger partial charge is 0.345 e. The molecular formula is C20H19ClN4S2. The number of hydrogen-bond donors (Lipinski definition) is 0. The summed E-state index contributed by atoms with van der Waals surface area (Å²) in [6.07, 6.45) is 0. The fourth-order valence-electron chi connectivity index (χ4n) is 3.61. The van der Waals surface area contributed by atoms with Crippen LogP contribution in [0, 0.1) is 13.8 Å². The van der Waals surface area contributed by atoms with E-state index in [-0.39, 0.29) is 0 Å². The first-order valence-corrected chi connectivity index (χ1v) is 11.0. The van der Waals surface area contributed by atoms with Gasteiger partial charge in [0.2, 0.25) is 0 Å². The molecule has 5 rings (SSSR count). The number of hydrogen-bond acceptors (Lipinski definition) is 6. The van der Waals surface area contributed by atoms with Crippen molar-refractivity contribution in [2.24, 2.45) is 0 Å². The second-order valence-electron chi connectivity index (χ2n) is 7.01. The monoisotopic (exact) mass is 414 g/mol. The van der Waals surface area contributed by atoms with Gasteiger partial charge >= 0.3 is 0 Å². The Morgan fingerprint density at radius 1 is 0.852 bits per heavy atom. The van der Waals surface area contributed by atoms with Crippen LogP contribution in [0.3, 0.4) is 0 Å². The maximum absolute atomic E-state index is 6.11. The van der Waals surface area contributed by atoms with Crippen molar-refractivity contribution in [3.8, 4) is 0 Å². The normalized spacial score (nSPS) is 15.2. The summed E-state index contributed by atoms with van der Waals surface area (Å²) < 4.78 is 2.46. The van der Waals surface area contributed by atoms with Crippen LogP contribution in [0.5, 0.6) is 0 Å². The van der Waals surface area contributed by atoms with Gasteiger partial charge in [-0.15, -0.1) is 0 Å². The molecule has 0 spiro atoms. The zero-order valence-corrected chi connectivity index (χ0v) is 17.6. The van der Waals surface area contributed by atoms with Crippen molar-refractivity contribution in [3.63, 3.8) is 0 Å². The van der Waals surface area contributed by atoms with Gasteiger partial charge in [0.05, 0.1) is 20.4 Å². The van der Waals surface area contributed by atoms with E-state index in [4.69, 9.17) is 21.6 Å². The van der Waals surface area contributed by atoms with Gasteiger partial charge < -0.3 is 9.80 Å². The number of thiazole rings is 2. The van der Waals surface area contributed by atoms with E-state index >= 15 is 0 Å². The topological polar surface area (TPSA) is 32.3 Å². The van der Waals surface area contributed by atoms with Crippen LogP contribution in [-0.4, -0.2) is 36.1 Å². The molecule has 1 saturated heterocycles. The molecule has 1 aliphatic heterocycles. The fourth-order valence-corrected chi connectivity index (χ4v) is 5.97. The molecule has 1 aliphatic rings. The van der Waals surface area contributed by atoms with E-state index in [1.54, 1.807) is 11.3 Å². The quantitative estimate of drug-likeness (QED) is 0.433. The number of aromatic nitrogens is 2. The zero-order chi connectivity index (χ0) is 18.5. The zero-order valence-electron chi connectivity index (χ0n) is 15.2. The van der Waals surface area contributed by atoms with Crippen LogP contribution < -0.4 is 9.80 Å². The molecule has 138 valence electrons. The molecule has 0 saturated carbocycles. The van der Waals surface area contributed by atoms with Gasteiger partial charge in [-0.3, -0.25) is 0 Å². The van der Waals surface area contributed by atoms with Gasteiger partial charge in [-0.25, -0.2) is 9.97 Å². The van der Waals surface area contributed by atoms with Gasteiger partial charge in [-0.05, 0) is 49.2 Å². The van der Waals surface area contributed by atoms with Crippen LogP contribution in [0.15, 0.2) is 30.3 Å². The minimum atomic E-state index is 0.767. The summed E-state index contributed by atoms with van der Waals surface area (Å²) in [7, 11) is 0. The van der Waals surface area contributed by atoms with Crippen LogP contribution in [0.2, 0.25) is 5.02 Å². The van der Waals surface area contributed by atoms with E-state index in [0.29, 0.717) is 0 Å². The van der Waals surface area contributed by atoms with E-state index in [0.717, 1.165) is 57.2 Å². The number of piperazine rings is 1. The lowest BCUT2D eigenvalue weighted by atomic mass is 10.1. The summed E-state index contributed by atoms with van der Waals surface area (Å²) in [6, 6.07) is 10.3. The Kier molecular flexibility index (Phi) is 4.22. The van der Waals surface area contributed by atoms with Crippen LogP contribution in [0.4, 0.5) is 10.3 Å². The summed E-state index contributed by atoms with van der Waals surface area (Å²) >= 11 is 9.64. The highest BCUT2D eigenvalue weighted by molar-refractivity contribution is 7.22. The van der Waals surface area contributed by atoms with Gasteiger partial charge in [0.1, 0.15) is 0 Å². The molecule has 2 aromatic carbocycles. The van der Waals surface area contributed by atoms with Gasteiger partial charge in [0.15, 0.2) is 10.3 Å². The summed E-state index contributed by atoms with van der Waals surface area (Å²) in [5, 5.41) is 2.99. The van der Waals surface area contributed by atoms with Crippen molar-refractivity contribution in [2.75, 3.05) is 36.0 Å². The third kappa shape index (κ3) is 3.16. The highest BCUT2D eigenvalue weighted by atomic mass is 35.5. The Hall–Kier alpha value is -1.89. The Balaban J connectivity index is 1.35. The van der Waals surface area contributed by atoms with Crippen LogP contribution in [-0.2, 0) is 0 Å². The second kappa shape index (κ2) is 6.62. The molecule has 4 aromatic rings. The van der Waals surface area contributed by atoms with Crippen molar-refractivity contribution in [3.05, 3.63) is 46.5 Å². The summed E-state index contributed by atoms with van der Waals surface area (Å²) in [5.41, 5.74) is 4.75. The van der Waals surface area contributed by atoms with Crippen LogP contribution in [0.25, 0.3) is 20.4 Å². The lowest BCUT2D eigenvalue weighted by Gasteiger charge is -2.34. The Morgan fingerprint density at radius 3 is 2.26 bits per heavy atom. The molecular weight excluding hydrogens is 396 g/mol. The van der Waals surface area contributed by atoms with Crippen molar-refractivity contribution in [1.82, 2.24) is 9.97 Å². The van der Waals surface area contributed by atoms with Crippen molar-refractivity contribution in [1.29, 1.82) is 0 Å². The first-order valence-electron chi connectivity index (χ1n) is 9.00. The number of halogens is 1. The molecule has 1 fully saturated rings. The number of nitrogens with zero attached hydrogens (tertiary/aromatic N) is 4. The standard InChI is InChI=1S/C20H19ClN4S2/c1-12-9-13(2)18-16(10-12)23-20(27-18)25-7-5-24(6-8-25)19-22-15-4-3-14(21)11-17(15)26-19/h3-4,9-11H,5-8H2,1-2H3. The molecule has 27 heavy (non-hydrogen) atoms. The lowest BCUT2D eigenvalue weighted by Crippen LogP contribution is -2.46. The molecule has 2 aromatic heterocycles. The molecule has 0 N–H and O–H groups in total. The van der Waals surface area contributed by atoms with E-state index in [9.17, 15) is 0 Å². The van der Waals surface area contributed by atoms with Gasteiger partial charge in [0, 0.05) is 31.2 Å². The van der Waals surface area contributed by atoms with E-state index in [1.165, 1.54) is 15.8 Å². The molecule has 0 aliphatic carbocycles. The molecule has 7 heteroatoms. The Morgan fingerprint density at radius 2 is 1.52 bits per heavy atom. The van der Waals surface area contributed by atoms with Gasteiger partial charge in [-0.2, -0.15) is 0 Å². The first kappa shape index (κ1) is 17.2. The summed E-state index contributed by atoms with van der Waals surface area (Å²) in [6.45, 7) is 8.16. The minimum Gasteiger partial charge on any atom is -0.345 e. The SMILES string of the molecule is Cc1cc(C)c2sc(N3CCN(c4nc5ccc(Cl)cc5s4)CC3)nc2c1. The number of benzene rings is 2. The lowest BCUT2D eigenvalue weighted by molar-refractivity contribution is 0.651. The Labute approximate surface area is 171 Å². The van der Waals surface area contributed by atoms with Gasteiger partial charge in [-0.1, -0.05) is 40.3 Å². The predicted molar refractivity (Wildman–Crippen MR) is 118 cm³/mol. The van der Waals surface area contributed by atoms with Crippen molar-refractivity contribution >= 4 is 65.0 Å². The van der Waals surface area contributed by atoms with Crippen LogP contribution >= 0.6 is 34.3 Å². The third-order valence-electron chi connectivity index (χ3n) is 4.97. The Bertz CT molecular complexity index is 1140. The van der Waals surface area contributed by atoms with E-state index in [1.807, 2.05) is 29.5 Å². The smallest absolute Gasteiger partial charge is 0.186 e. The number of rotatable bonds is 2. The van der Waals surface area contributed by atoms with E-state index in [2.05, 4.69) is 35.8 Å².